The molecule has 0 radical (unpaired) electrons. The van der Waals surface area contributed by atoms with Gasteiger partial charge < -0.3 is 14.8 Å². The number of rotatable bonds is 6. The van der Waals surface area contributed by atoms with Crippen molar-refractivity contribution in [1.82, 2.24) is 0 Å². The Hall–Kier alpha value is -4.40. The Labute approximate surface area is 192 Å². The molecule has 1 amide bonds. The topological polar surface area (TPSA) is 77.0 Å². The van der Waals surface area contributed by atoms with Crippen molar-refractivity contribution < 1.29 is 32.2 Å². The normalized spacial score (nSPS) is 14.5. The number of halogens is 3. The van der Waals surface area contributed by atoms with Crippen LogP contribution in [0.5, 0.6) is 5.75 Å². The first kappa shape index (κ1) is 22.8. The van der Waals surface area contributed by atoms with Crippen LogP contribution in [0.3, 0.4) is 0 Å². The number of aliphatic imine (C=N–C) groups is 1. The number of benzene rings is 3. The van der Waals surface area contributed by atoms with Gasteiger partial charge in [-0.25, -0.2) is 9.79 Å². The number of amides is 1. The molecule has 34 heavy (non-hydrogen) atoms. The van der Waals surface area contributed by atoms with E-state index in [-0.39, 0.29) is 17.3 Å². The number of alkyl halides is 3. The minimum atomic E-state index is -4.50. The summed E-state index contributed by atoms with van der Waals surface area (Å²) < 4.78 is 48.9. The maximum absolute atomic E-state index is 12.8. The fraction of sp³-hybridized carbons (Fsp3) is 0.0800. The first-order valence-corrected chi connectivity index (χ1v) is 10.1. The van der Waals surface area contributed by atoms with Gasteiger partial charge in [-0.1, -0.05) is 36.4 Å². The van der Waals surface area contributed by atoms with Crippen LogP contribution >= 0.6 is 0 Å². The van der Waals surface area contributed by atoms with E-state index in [0.717, 1.165) is 12.1 Å². The van der Waals surface area contributed by atoms with Crippen LogP contribution in [0, 0.1) is 0 Å². The fourth-order valence-corrected chi connectivity index (χ4v) is 3.05. The van der Waals surface area contributed by atoms with Crippen molar-refractivity contribution >= 4 is 29.5 Å². The lowest BCUT2D eigenvalue weighted by Crippen LogP contribution is -2.20. The number of ether oxygens (including phenoxy) is 2. The number of carbonyl (C=O) groups excluding carboxylic acids is 2. The third-order valence-electron chi connectivity index (χ3n) is 4.67. The predicted molar refractivity (Wildman–Crippen MR) is 119 cm³/mol. The number of cyclic esters (lactones) is 1. The van der Waals surface area contributed by atoms with Gasteiger partial charge >= 0.3 is 12.1 Å². The number of hydrogen-bond acceptors (Lipinski definition) is 5. The molecular formula is C25H17F3N2O4. The summed E-state index contributed by atoms with van der Waals surface area (Å²) in [5.74, 6) is -0.583. The zero-order valence-corrected chi connectivity index (χ0v) is 17.5. The molecule has 0 aromatic heterocycles. The number of carbonyl (C=O) groups is 2. The Balaban J connectivity index is 1.35. The smallest absolute Gasteiger partial charge is 0.416 e. The van der Waals surface area contributed by atoms with E-state index in [9.17, 15) is 22.8 Å². The highest BCUT2D eigenvalue weighted by Gasteiger charge is 2.30. The molecule has 0 fully saturated rings. The summed E-state index contributed by atoms with van der Waals surface area (Å²) in [5.41, 5.74) is 0.650. The van der Waals surface area contributed by atoms with Gasteiger partial charge in [-0.3, -0.25) is 4.79 Å². The molecule has 0 atom stereocenters. The molecule has 0 saturated carbocycles. The van der Waals surface area contributed by atoms with Crippen molar-refractivity contribution in [3.63, 3.8) is 0 Å². The number of hydrogen-bond donors (Lipinski definition) is 1. The SMILES string of the molecule is O=C(COc1ccc(C=C2N=C(c3ccccc3)OC2=O)cc1)Nc1cccc(C(F)(F)F)c1. The second-order valence-electron chi connectivity index (χ2n) is 7.19. The van der Waals surface area contributed by atoms with Gasteiger partial charge in [0.15, 0.2) is 12.3 Å². The number of esters is 1. The summed E-state index contributed by atoms with van der Waals surface area (Å²) in [7, 11) is 0. The summed E-state index contributed by atoms with van der Waals surface area (Å²) >= 11 is 0. The number of nitrogens with one attached hydrogen (secondary N) is 1. The van der Waals surface area contributed by atoms with E-state index in [0.29, 0.717) is 16.9 Å². The minimum Gasteiger partial charge on any atom is -0.484 e. The molecule has 1 heterocycles. The van der Waals surface area contributed by atoms with Gasteiger partial charge in [0.2, 0.25) is 5.90 Å². The van der Waals surface area contributed by atoms with Crippen LogP contribution in [0.15, 0.2) is 89.6 Å². The van der Waals surface area contributed by atoms with Crippen molar-refractivity contribution in [2.75, 3.05) is 11.9 Å². The van der Waals surface area contributed by atoms with Gasteiger partial charge in [-0.15, -0.1) is 0 Å². The zero-order valence-electron chi connectivity index (χ0n) is 17.5. The van der Waals surface area contributed by atoms with E-state index in [2.05, 4.69) is 10.3 Å². The average molecular weight is 466 g/mol. The van der Waals surface area contributed by atoms with Gasteiger partial charge in [-0.2, -0.15) is 13.2 Å². The van der Waals surface area contributed by atoms with E-state index in [1.807, 2.05) is 18.2 Å². The second kappa shape index (κ2) is 9.62. The van der Waals surface area contributed by atoms with Crippen LogP contribution in [0.4, 0.5) is 18.9 Å². The maximum Gasteiger partial charge on any atom is 0.416 e. The van der Waals surface area contributed by atoms with Crippen LogP contribution in [0.25, 0.3) is 6.08 Å². The van der Waals surface area contributed by atoms with Crippen LogP contribution < -0.4 is 10.1 Å². The molecular weight excluding hydrogens is 449 g/mol. The third-order valence-corrected chi connectivity index (χ3v) is 4.67. The van der Waals surface area contributed by atoms with E-state index in [1.165, 1.54) is 12.1 Å². The lowest BCUT2D eigenvalue weighted by Gasteiger charge is -2.10. The molecule has 0 spiro atoms. The van der Waals surface area contributed by atoms with Crippen molar-refractivity contribution in [2.45, 2.75) is 6.18 Å². The van der Waals surface area contributed by atoms with Crippen molar-refractivity contribution in [3.05, 3.63) is 101 Å². The molecule has 1 N–H and O–H groups in total. The van der Waals surface area contributed by atoms with Crippen LogP contribution in [0.1, 0.15) is 16.7 Å². The molecule has 172 valence electrons. The van der Waals surface area contributed by atoms with Crippen LogP contribution in [0.2, 0.25) is 0 Å². The first-order chi connectivity index (χ1) is 16.3. The first-order valence-electron chi connectivity index (χ1n) is 10.1. The average Bonchev–Trinajstić information content (AvgIpc) is 3.19. The molecule has 0 unspecified atom stereocenters. The lowest BCUT2D eigenvalue weighted by atomic mass is 10.2. The molecule has 1 aliphatic heterocycles. The largest absolute Gasteiger partial charge is 0.484 e. The summed E-state index contributed by atoms with van der Waals surface area (Å²) in [5, 5.41) is 2.37. The highest BCUT2D eigenvalue weighted by molar-refractivity contribution is 6.12. The Bertz CT molecular complexity index is 1270. The van der Waals surface area contributed by atoms with E-state index in [4.69, 9.17) is 9.47 Å². The van der Waals surface area contributed by atoms with E-state index in [1.54, 1.807) is 42.5 Å². The molecule has 1 aliphatic rings. The van der Waals surface area contributed by atoms with Crippen LogP contribution in [-0.4, -0.2) is 24.4 Å². The summed E-state index contributed by atoms with van der Waals surface area (Å²) in [4.78, 5) is 28.4. The van der Waals surface area contributed by atoms with Gasteiger partial charge in [0.25, 0.3) is 5.91 Å². The predicted octanol–water partition coefficient (Wildman–Crippen LogP) is 5.07. The monoisotopic (exact) mass is 466 g/mol. The lowest BCUT2D eigenvalue weighted by molar-refractivity contribution is -0.137. The second-order valence-corrected chi connectivity index (χ2v) is 7.19. The van der Waals surface area contributed by atoms with E-state index < -0.39 is 30.2 Å². The summed E-state index contributed by atoms with van der Waals surface area (Å²) in [6.07, 6.45) is -2.94. The number of nitrogens with zero attached hydrogens (tertiary/aromatic N) is 1. The van der Waals surface area contributed by atoms with E-state index >= 15 is 0 Å². The quantitative estimate of drug-likeness (QED) is 0.407. The van der Waals surface area contributed by atoms with Crippen molar-refractivity contribution in [3.8, 4) is 5.75 Å². The highest BCUT2D eigenvalue weighted by atomic mass is 19.4. The zero-order chi connectivity index (χ0) is 24.1. The number of anilines is 1. The molecule has 3 aromatic rings. The Morgan fingerprint density at radius 1 is 1.00 bits per heavy atom. The minimum absolute atomic E-state index is 0.0178. The molecule has 0 saturated heterocycles. The Morgan fingerprint density at radius 2 is 1.74 bits per heavy atom. The maximum atomic E-state index is 12.8. The molecule has 0 bridgehead atoms. The molecule has 3 aromatic carbocycles. The molecule has 0 aliphatic carbocycles. The van der Waals surface area contributed by atoms with Gasteiger partial charge in [0, 0.05) is 11.3 Å². The Kier molecular flexibility index (Phi) is 6.44. The van der Waals surface area contributed by atoms with Crippen molar-refractivity contribution in [2.24, 2.45) is 4.99 Å². The van der Waals surface area contributed by atoms with Gasteiger partial charge in [0.05, 0.1) is 5.56 Å². The summed E-state index contributed by atoms with van der Waals surface area (Å²) in [6.45, 7) is -0.395. The molecule has 6 nitrogen and oxygen atoms in total. The molecule has 4 rings (SSSR count). The van der Waals surface area contributed by atoms with Crippen molar-refractivity contribution in [1.29, 1.82) is 0 Å². The van der Waals surface area contributed by atoms with Gasteiger partial charge in [0.1, 0.15) is 5.75 Å². The Morgan fingerprint density at radius 3 is 2.44 bits per heavy atom. The standard InChI is InChI=1S/C25H17F3N2O4/c26-25(27,28)18-7-4-8-19(14-18)29-22(31)15-33-20-11-9-16(10-12-20)13-21-24(32)34-23(30-21)17-5-2-1-3-6-17/h1-14H,15H2,(H,29,31). The van der Waals surface area contributed by atoms with Gasteiger partial charge in [-0.05, 0) is 54.1 Å². The molecule has 9 heteroatoms. The van der Waals surface area contributed by atoms with Crippen LogP contribution in [-0.2, 0) is 20.5 Å². The summed E-state index contributed by atoms with van der Waals surface area (Å²) in [6, 6.07) is 19.9. The highest BCUT2D eigenvalue weighted by Crippen LogP contribution is 2.30. The third kappa shape index (κ3) is 5.69. The fourth-order valence-electron chi connectivity index (χ4n) is 3.05.